The molecule has 1 aromatic carbocycles. The van der Waals surface area contributed by atoms with Crippen LogP contribution in [0.25, 0.3) is 0 Å². The SMILES string of the molecule is CC(=O)O[C@@H](c1cc(Br)c(CCCOC[C@@H](CO)OCc2ccccc2)o1)[C@@H](C)C(=O)N1C(=O)OC(C)(C)[C@H]1C(C)C. The molecule has 0 unspecified atom stereocenters. The molecule has 0 spiro atoms. The average Bonchev–Trinajstić information content (AvgIpc) is 3.42. The highest BCUT2D eigenvalue weighted by Gasteiger charge is 2.53. The lowest BCUT2D eigenvalue weighted by Gasteiger charge is -2.33. The zero-order chi connectivity index (χ0) is 31.0. The highest BCUT2D eigenvalue weighted by molar-refractivity contribution is 9.10. The molecule has 10 nitrogen and oxygen atoms in total. The largest absolute Gasteiger partial charge is 0.461 e. The van der Waals surface area contributed by atoms with Crippen molar-refractivity contribution in [2.45, 2.75) is 84.8 Å². The van der Waals surface area contributed by atoms with E-state index in [4.69, 9.17) is 23.4 Å². The Morgan fingerprint density at radius 3 is 2.48 bits per heavy atom. The first-order chi connectivity index (χ1) is 19.9. The third-order valence-electron chi connectivity index (χ3n) is 7.13. The molecule has 2 heterocycles. The number of cyclic esters (lactones) is 1. The summed E-state index contributed by atoms with van der Waals surface area (Å²) in [5.41, 5.74) is 0.160. The zero-order valence-corrected chi connectivity index (χ0v) is 26.7. The number of carbonyl (C=O) groups is 3. The van der Waals surface area contributed by atoms with Gasteiger partial charge in [-0.3, -0.25) is 9.59 Å². The van der Waals surface area contributed by atoms with Gasteiger partial charge >= 0.3 is 12.1 Å². The Morgan fingerprint density at radius 2 is 1.86 bits per heavy atom. The summed E-state index contributed by atoms with van der Waals surface area (Å²) in [7, 11) is 0. The molecule has 0 aliphatic carbocycles. The van der Waals surface area contributed by atoms with Gasteiger partial charge in [-0.05, 0) is 60.7 Å². The minimum absolute atomic E-state index is 0.0514. The number of benzene rings is 1. The van der Waals surface area contributed by atoms with E-state index in [1.54, 1.807) is 26.8 Å². The molecule has 1 aliphatic heterocycles. The van der Waals surface area contributed by atoms with Crippen molar-refractivity contribution in [1.29, 1.82) is 0 Å². The molecule has 1 aliphatic rings. The molecule has 2 amide bonds. The molecule has 11 heteroatoms. The Kier molecular flexibility index (Phi) is 12.2. The topological polar surface area (TPSA) is 125 Å². The molecular weight excluding hydrogens is 610 g/mol. The normalized spacial score (nSPS) is 18.5. The minimum Gasteiger partial charge on any atom is -0.461 e. The summed E-state index contributed by atoms with van der Waals surface area (Å²) < 4.78 is 29.2. The van der Waals surface area contributed by atoms with Crippen LogP contribution in [0.2, 0.25) is 0 Å². The first-order valence-corrected chi connectivity index (χ1v) is 15.0. The Morgan fingerprint density at radius 1 is 1.17 bits per heavy atom. The Balaban J connectivity index is 1.60. The fourth-order valence-electron chi connectivity index (χ4n) is 5.25. The van der Waals surface area contributed by atoms with Crippen LogP contribution in [0, 0.1) is 11.8 Å². The second kappa shape index (κ2) is 15.1. The highest BCUT2D eigenvalue weighted by atomic mass is 79.9. The van der Waals surface area contributed by atoms with Crippen molar-refractivity contribution < 1.29 is 42.9 Å². The molecular formula is C31H42BrNO9. The number of aryl methyl sites for hydroxylation is 1. The van der Waals surface area contributed by atoms with Crippen LogP contribution in [-0.2, 0) is 41.6 Å². The summed E-state index contributed by atoms with van der Waals surface area (Å²) in [6, 6.07) is 10.9. The van der Waals surface area contributed by atoms with Crippen molar-refractivity contribution in [2.24, 2.45) is 11.8 Å². The number of halogens is 1. The van der Waals surface area contributed by atoms with Crippen molar-refractivity contribution in [1.82, 2.24) is 4.90 Å². The van der Waals surface area contributed by atoms with E-state index in [9.17, 15) is 19.5 Å². The van der Waals surface area contributed by atoms with E-state index in [-0.39, 0.29) is 24.9 Å². The molecule has 2 aromatic rings. The molecule has 0 saturated carbocycles. The van der Waals surface area contributed by atoms with Gasteiger partial charge in [-0.15, -0.1) is 0 Å². The maximum absolute atomic E-state index is 13.6. The van der Waals surface area contributed by atoms with Gasteiger partial charge in [-0.2, -0.15) is 0 Å². The number of esters is 1. The summed E-state index contributed by atoms with van der Waals surface area (Å²) in [5, 5.41) is 9.61. The third kappa shape index (κ3) is 8.65. The molecule has 3 rings (SSSR count). The average molecular weight is 653 g/mol. The van der Waals surface area contributed by atoms with Crippen molar-refractivity contribution in [3.63, 3.8) is 0 Å². The number of ether oxygens (including phenoxy) is 4. The predicted octanol–water partition coefficient (Wildman–Crippen LogP) is 5.59. The summed E-state index contributed by atoms with van der Waals surface area (Å²) in [6.07, 6.45) is -1.09. The van der Waals surface area contributed by atoms with E-state index >= 15 is 0 Å². The van der Waals surface area contributed by atoms with Crippen LogP contribution in [0.15, 0.2) is 45.3 Å². The highest BCUT2D eigenvalue weighted by Crippen LogP contribution is 2.39. The molecule has 0 radical (unpaired) electrons. The summed E-state index contributed by atoms with van der Waals surface area (Å²) in [6.45, 7) is 11.1. The van der Waals surface area contributed by atoms with Crippen molar-refractivity contribution in [3.8, 4) is 0 Å². The smallest absolute Gasteiger partial charge is 0.417 e. The fraction of sp³-hybridized carbons (Fsp3) is 0.581. The van der Waals surface area contributed by atoms with Gasteiger partial charge in [0.05, 0.1) is 36.3 Å². The number of amides is 2. The van der Waals surface area contributed by atoms with Gasteiger partial charge in [-0.1, -0.05) is 44.2 Å². The lowest BCUT2D eigenvalue weighted by atomic mass is 9.88. The van der Waals surface area contributed by atoms with Gasteiger partial charge in [0.15, 0.2) is 6.10 Å². The van der Waals surface area contributed by atoms with Crippen LogP contribution in [0.5, 0.6) is 0 Å². The Bertz CT molecular complexity index is 1200. The molecule has 232 valence electrons. The van der Waals surface area contributed by atoms with Crippen LogP contribution in [-0.4, -0.2) is 65.5 Å². The Hall–Kier alpha value is -2.73. The van der Waals surface area contributed by atoms with E-state index in [2.05, 4.69) is 15.9 Å². The third-order valence-corrected chi connectivity index (χ3v) is 7.80. The van der Waals surface area contributed by atoms with Crippen molar-refractivity contribution >= 4 is 33.9 Å². The number of furan rings is 1. The van der Waals surface area contributed by atoms with Gasteiger partial charge in [-0.25, -0.2) is 9.69 Å². The summed E-state index contributed by atoms with van der Waals surface area (Å²) >= 11 is 3.51. The molecule has 4 atom stereocenters. The lowest BCUT2D eigenvalue weighted by Crippen LogP contribution is -2.50. The van der Waals surface area contributed by atoms with Crippen LogP contribution < -0.4 is 0 Å². The number of nitrogens with zero attached hydrogens (tertiary/aromatic N) is 1. The molecule has 1 aromatic heterocycles. The predicted molar refractivity (Wildman–Crippen MR) is 157 cm³/mol. The summed E-state index contributed by atoms with van der Waals surface area (Å²) in [4.78, 5) is 39.5. The van der Waals surface area contributed by atoms with Gasteiger partial charge < -0.3 is 28.5 Å². The van der Waals surface area contributed by atoms with Crippen LogP contribution in [0.4, 0.5) is 4.79 Å². The number of aliphatic hydroxyl groups excluding tert-OH is 1. The quantitative estimate of drug-likeness (QED) is 0.194. The van der Waals surface area contributed by atoms with Crippen molar-refractivity contribution in [2.75, 3.05) is 19.8 Å². The number of imide groups is 1. The second-order valence-electron chi connectivity index (χ2n) is 11.4. The lowest BCUT2D eigenvalue weighted by molar-refractivity contribution is -0.155. The monoisotopic (exact) mass is 651 g/mol. The maximum Gasteiger partial charge on any atom is 0.417 e. The van der Waals surface area contributed by atoms with Crippen LogP contribution >= 0.6 is 15.9 Å². The summed E-state index contributed by atoms with van der Waals surface area (Å²) in [5.74, 6) is -1.17. The number of hydrogen-bond acceptors (Lipinski definition) is 9. The number of hydrogen-bond donors (Lipinski definition) is 1. The standard InChI is InChI=1S/C31H42BrNO9/c1-19(2)28-31(5,6)42-30(37)33(28)29(36)20(3)27(40-21(4)35)26-15-24(32)25(41-26)13-10-14-38-18-23(16-34)39-17-22-11-8-7-9-12-22/h7-9,11-12,15,19-20,23,27-28,34H,10,13-14,16-18H2,1-6H3/t20-,23-,27-,28-/m1/s1. The van der Waals surface area contributed by atoms with Gasteiger partial charge in [0, 0.05) is 20.0 Å². The van der Waals surface area contributed by atoms with Gasteiger partial charge in [0.25, 0.3) is 0 Å². The van der Waals surface area contributed by atoms with Gasteiger partial charge in [0.1, 0.15) is 23.2 Å². The number of carbonyl (C=O) groups excluding carboxylic acids is 3. The number of rotatable bonds is 15. The Labute approximate surface area is 255 Å². The minimum atomic E-state index is -1.05. The molecule has 42 heavy (non-hydrogen) atoms. The number of aliphatic hydroxyl groups is 1. The van der Waals surface area contributed by atoms with Crippen LogP contribution in [0.3, 0.4) is 0 Å². The van der Waals surface area contributed by atoms with Crippen molar-refractivity contribution in [3.05, 3.63) is 58.0 Å². The molecule has 0 bridgehead atoms. The molecule has 1 N–H and O–H groups in total. The van der Waals surface area contributed by atoms with Crippen LogP contribution in [0.1, 0.15) is 71.2 Å². The fourth-order valence-corrected chi connectivity index (χ4v) is 5.75. The first kappa shape index (κ1) is 33.8. The molecule has 1 saturated heterocycles. The first-order valence-electron chi connectivity index (χ1n) is 14.2. The molecule has 1 fully saturated rings. The van der Waals surface area contributed by atoms with E-state index in [1.807, 2.05) is 44.2 Å². The van der Waals surface area contributed by atoms with E-state index < -0.39 is 47.7 Å². The maximum atomic E-state index is 13.6. The second-order valence-corrected chi connectivity index (χ2v) is 12.2. The van der Waals surface area contributed by atoms with E-state index in [0.29, 0.717) is 36.3 Å². The van der Waals surface area contributed by atoms with E-state index in [0.717, 1.165) is 10.5 Å². The zero-order valence-electron chi connectivity index (χ0n) is 25.1. The van der Waals surface area contributed by atoms with Gasteiger partial charge in [0.2, 0.25) is 5.91 Å². The van der Waals surface area contributed by atoms with E-state index in [1.165, 1.54) is 6.92 Å².